The molecule has 2 aromatic rings. The molecule has 0 aliphatic carbocycles. The van der Waals surface area contributed by atoms with E-state index in [0.717, 1.165) is 81.1 Å². The van der Waals surface area contributed by atoms with Crippen LogP contribution in [-0.2, 0) is 24.2 Å². The highest BCUT2D eigenvalue weighted by molar-refractivity contribution is 5.84. The molecule has 0 radical (unpaired) electrons. The standard InChI is InChI=1S/C19H25N5O2/c25-19-17(5-1-2-8-20-19)23-18-15-6-9-24(12-14-4-3-11-26-14)10-7-16(15)21-13-22-18/h3-4,11,13,17H,1-2,5-10,12H2,(H,20,25)(H,21,22,23)/t17-/m1/s1. The number of hydrogen-bond acceptors (Lipinski definition) is 6. The smallest absolute Gasteiger partial charge is 0.242 e. The van der Waals surface area contributed by atoms with E-state index in [-0.39, 0.29) is 11.9 Å². The van der Waals surface area contributed by atoms with Gasteiger partial charge in [0.2, 0.25) is 5.91 Å². The topological polar surface area (TPSA) is 83.3 Å². The van der Waals surface area contributed by atoms with E-state index in [1.165, 1.54) is 0 Å². The molecule has 4 heterocycles. The third-order valence-electron chi connectivity index (χ3n) is 5.18. The van der Waals surface area contributed by atoms with Crippen molar-refractivity contribution in [3.8, 4) is 0 Å². The molecule has 2 aromatic heterocycles. The second-order valence-electron chi connectivity index (χ2n) is 6.99. The summed E-state index contributed by atoms with van der Waals surface area (Å²) < 4.78 is 5.48. The molecular weight excluding hydrogens is 330 g/mol. The Morgan fingerprint density at radius 2 is 2.19 bits per heavy atom. The van der Waals surface area contributed by atoms with Gasteiger partial charge < -0.3 is 15.1 Å². The van der Waals surface area contributed by atoms with Crippen LogP contribution in [0.1, 0.15) is 36.3 Å². The number of rotatable bonds is 4. The predicted molar refractivity (Wildman–Crippen MR) is 97.7 cm³/mol. The number of furan rings is 1. The van der Waals surface area contributed by atoms with E-state index in [1.54, 1.807) is 12.6 Å². The molecule has 2 aliphatic rings. The summed E-state index contributed by atoms with van der Waals surface area (Å²) in [6.07, 6.45) is 7.99. The molecule has 0 unspecified atom stereocenters. The summed E-state index contributed by atoms with van der Waals surface area (Å²) in [7, 11) is 0. The van der Waals surface area contributed by atoms with Crippen LogP contribution in [0.4, 0.5) is 5.82 Å². The zero-order valence-electron chi connectivity index (χ0n) is 14.9. The van der Waals surface area contributed by atoms with Crippen LogP contribution < -0.4 is 10.6 Å². The molecule has 1 atom stereocenters. The summed E-state index contributed by atoms with van der Waals surface area (Å²) in [5.74, 6) is 1.87. The molecule has 0 bridgehead atoms. The van der Waals surface area contributed by atoms with Crippen molar-refractivity contribution in [2.75, 3.05) is 25.0 Å². The van der Waals surface area contributed by atoms with Crippen LogP contribution in [0, 0.1) is 0 Å². The van der Waals surface area contributed by atoms with Crippen LogP contribution in [-0.4, -0.2) is 46.5 Å². The van der Waals surface area contributed by atoms with Gasteiger partial charge in [0.05, 0.1) is 18.5 Å². The largest absolute Gasteiger partial charge is 0.468 e. The highest BCUT2D eigenvalue weighted by atomic mass is 16.3. The molecule has 0 aromatic carbocycles. The van der Waals surface area contributed by atoms with Crippen molar-refractivity contribution < 1.29 is 9.21 Å². The first-order valence-corrected chi connectivity index (χ1v) is 9.41. The maximum Gasteiger partial charge on any atom is 0.242 e. The number of anilines is 1. The fourth-order valence-electron chi connectivity index (χ4n) is 3.72. The van der Waals surface area contributed by atoms with Gasteiger partial charge in [0, 0.05) is 31.6 Å². The van der Waals surface area contributed by atoms with Crippen molar-refractivity contribution >= 4 is 11.7 Å². The van der Waals surface area contributed by atoms with Gasteiger partial charge in [-0.15, -0.1) is 0 Å². The third kappa shape index (κ3) is 3.88. The highest BCUT2D eigenvalue weighted by Crippen LogP contribution is 2.23. The molecule has 2 N–H and O–H groups in total. The van der Waals surface area contributed by atoms with Crippen molar-refractivity contribution in [1.82, 2.24) is 20.2 Å². The quantitative estimate of drug-likeness (QED) is 0.869. The normalized spacial score (nSPS) is 21.4. The lowest BCUT2D eigenvalue weighted by molar-refractivity contribution is -0.121. The molecule has 0 saturated carbocycles. The first-order chi connectivity index (χ1) is 12.8. The Hall–Kier alpha value is -2.41. The summed E-state index contributed by atoms with van der Waals surface area (Å²) in [5, 5.41) is 6.36. The number of hydrogen-bond donors (Lipinski definition) is 2. The van der Waals surface area contributed by atoms with Crippen LogP contribution in [0.5, 0.6) is 0 Å². The van der Waals surface area contributed by atoms with E-state index >= 15 is 0 Å². The molecule has 1 fully saturated rings. The van der Waals surface area contributed by atoms with Crippen molar-refractivity contribution in [2.45, 2.75) is 44.7 Å². The van der Waals surface area contributed by atoms with E-state index in [9.17, 15) is 4.79 Å². The predicted octanol–water partition coefficient (Wildman–Crippen LogP) is 1.75. The molecule has 138 valence electrons. The van der Waals surface area contributed by atoms with Crippen LogP contribution in [0.3, 0.4) is 0 Å². The number of nitrogens with one attached hydrogen (secondary N) is 2. The van der Waals surface area contributed by atoms with Crippen molar-refractivity contribution in [3.05, 3.63) is 41.7 Å². The molecule has 0 spiro atoms. The first kappa shape index (κ1) is 17.0. The Morgan fingerprint density at radius 1 is 1.27 bits per heavy atom. The average molecular weight is 355 g/mol. The van der Waals surface area contributed by atoms with Gasteiger partial charge >= 0.3 is 0 Å². The van der Waals surface area contributed by atoms with Crippen LogP contribution in [0.25, 0.3) is 0 Å². The minimum atomic E-state index is -0.209. The Labute approximate surface area is 153 Å². The number of nitrogens with zero attached hydrogens (tertiary/aromatic N) is 3. The van der Waals surface area contributed by atoms with Crippen molar-refractivity contribution in [1.29, 1.82) is 0 Å². The first-order valence-electron chi connectivity index (χ1n) is 9.41. The number of amides is 1. The van der Waals surface area contributed by atoms with Gasteiger partial charge in [-0.1, -0.05) is 0 Å². The van der Waals surface area contributed by atoms with E-state index < -0.39 is 0 Å². The van der Waals surface area contributed by atoms with Gasteiger partial charge in [-0.3, -0.25) is 9.69 Å². The number of carbonyl (C=O) groups is 1. The summed E-state index contributed by atoms with van der Waals surface area (Å²) in [5.41, 5.74) is 2.23. The van der Waals surface area contributed by atoms with Gasteiger partial charge in [-0.25, -0.2) is 9.97 Å². The summed E-state index contributed by atoms with van der Waals surface area (Å²) >= 11 is 0. The van der Waals surface area contributed by atoms with Crippen molar-refractivity contribution in [3.63, 3.8) is 0 Å². The van der Waals surface area contributed by atoms with E-state index in [0.29, 0.717) is 0 Å². The zero-order chi connectivity index (χ0) is 17.8. The van der Waals surface area contributed by atoms with Crippen LogP contribution >= 0.6 is 0 Å². The van der Waals surface area contributed by atoms with E-state index in [2.05, 4.69) is 25.5 Å². The Kier molecular flexibility index (Phi) is 5.15. The lowest BCUT2D eigenvalue weighted by Gasteiger charge is -2.19. The summed E-state index contributed by atoms with van der Waals surface area (Å²) in [6.45, 7) is 3.43. The second-order valence-corrected chi connectivity index (χ2v) is 6.99. The monoisotopic (exact) mass is 355 g/mol. The molecule has 4 rings (SSSR count). The zero-order valence-corrected chi connectivity index (χ0v) is 14.9. The number of fused-ring (bicyclic) bond motifs is 1. The number of aromatic nitrogens is 2. The number of carbonyl (C=O) groups excluding carboxylic acids is 1. The molecular formula is C19H25N5O2. The molecule has 1 amide bonds. The third-order valence-corrected chi connectivity index (χ3v) is 5.18. The minimum absolute atomic E-state index is 0.0722. The Bertz CT molecular complexity index is 746. The minimum Gasteiger partial charge on any atom is -0.468 e. The fourth-order valence-corrected chi connectivity index (χ4v) is 3.72. The fraction of sp³-hybridized carbons (Fsp3) is 0.526. The van der Waals surface area contributed by atoms with Crippen LogP contribution in [0.15, 0.2) is 29.1 Å². The van der Waals surface area contributed by atoms with E-state index in [4.69, 9.17) is 4.42 Å². The highest BCUT2D eigenvalue weighted by Gasteiger charge is 2.24. The SMILES string of the molecule is O=C1NCCCC[C@H]1Nc1ncnc2c1CCN(Cc1ccco1)CC2. The molecule has 26 heavy (non-hydrogen) atoms. The van der Waals surface area contributed by atoms with E-state index in [1.807, 2.05) is 12.1 Å². The molecule has 1 saturated heterocycles. The van der Waals surface area contributed by atoms with Gasteiger partial charge in [0.1, 0.15) is 23.9 Å². The molecule has 7 heteroatoms. The Morgan fingerprint density at radius 3 is 3.08 bits per heavy atom. The Balaban J connectivity index is 1.47. The molecule has 2 aliphatic heterocycles. The summed E-state index contributed by atoms with van der Waals surface area (Å²) in [6, 6.07) is 3.72. The lowest BCUT2D eigenvalue weighted by atomic mass is 10.1. The maximum atomic E-state index is 12.2. The maximum absolute atomic E-state index is 12.2. The lowest BCUT2D eigenvalue weighted by Crippen LogP contribution is -2.38. The van der Waals surface area contributed by atoms with Gasteiger partial charge in [0.15, 0.2) is 0 Å². The second kappa shape index (κ2) is 7.86. The molecule has 7 nitrogen and oxygen atoms in total. The van der Waals surface area contributed by atoms with Gasteiger partial charge in [0.25, 0.3) is 0 Å². The van der Waals surface area contributed by atoms with Gasteiger partial charge in [-0.2, -0.15) is 0 Å². The van der Waals surface area contributed by atoms with Crippen molar-refractivity contribution in [2.24, 2.45) is 0 Å². The van der Waals surface area contributed by atoms with Crippen LogP contribution in [0.2, 0.25) is 0 Å². The summed E-state index contributed by atoms with van der Waals surface area (Å²) in [4.78, 5) is 23.6. The van der Waals surface area contributed by atoms with Gasteiger partial charge in [-0.05, 0) is 37.8 Å². The average Bonchev–Trinajstić information content (AvgIpc) is 2.96.